The highest BCUT2D eigenvalue weighted by atomic mass is 16.5. The van der Waals surface area contributed by atoms with E-state index in [9.17, 15) is 0 Å². The number of nitrogens with zero attached hydrogens (tertiary/aromatic N) is 3. The third-order valence-corrected chi connectivity index (χ3v) is 2.48. The second-order valence-electron chi connectivity index (χ2n) is 3.73. The van der Waals surface area contributed by atoms with Gasteiger partial charge in [0.05, 0.1) is 25.3 Å². The standard InChI is InChI=1S/C9H16N4O/c1-7-2-3-8(14-7)5-13-6-11-9(4-10)12-13/h6-8H,2-5,10H2,1H3. The molecule has 0 saturated carbocycles. The van der Waals surface area contributed by atoms with Crippen molar-refractivity contribution in [2.75, 3.05) is 0 Å². The third-order valence-electron chi connectivity index (χ3n) is 2.48. The Hall–Kier alpha value is -0.940. The van der Waals surface area contributed by atoms with Crippen molar-refractivity contribution >= 4 is 0 Å². The van der Waals surface area contributed by atoms with Crippen molar-refractivity contribution in [3.63, 3.8) is 0 Å². The van der Waals surface area contributed by atoms with E-state index in [2.05, 4.69) is 17.0 Å². The number of aromatic nitrogens is 3. The van der Waals surface area contributed by atoms with Crippen LogP contribution < -0.4 is 5.73 Å². The van der Waals surface area contributed by atoms with Crippen LogP contribution in [0.1, 0.15) is 25.6 Å². The average molecular weight is 196 g/mol. The lowest BCUT2D eigenvalue weighted by molar-refractivity contribution is 0.0436. The second kappa shape index (κ2) is 4.06. The minimum Gasteiger partial charge on any atom is -0.373 e. The first kappa shape index (κ1) is 9.61. The van der Waals surface area contributed by atoms with E-state index in [-0.39, 0.29) is 6.10 Å². The Balaban J connectivity index is 1.90. The molecule has 2 N–H and O–H groups in total. The van der Waals surface area contributed by atoms with Crippen LogP contribution in [0.3, 0.4) is 0 Å². The fourth-order valence-electron chi connectivity index (χ4n) is 1.74. The molecule has 2 unspecified atom stereocenters. The highest BCUT2D eigenvalue weighted by Crippen LogP contribution is 2.19. The third kappa shape index (κ3) is 2.10. The van der Waals surface area contributed by atoms with Crippen LogP contribution >= 0.6 is 0 Å². The van der Waals surface area contributed by atoms with Crippen LogP contribution in [0.15, 0.2) is 6.33 Å². The van der Waals surface area contributed by atoms with E-state index in [1.54, 1.807) is 6.33 Å². The molecule has 14 heavy (non-hydrogen) atoms. The fraction of sp³-hybridized carbons (Fsp3) is 0.778. The summed E-state index contributed by atoms with van der Waals surface area (Å²) in [6.07, 6.45) is 4.64. The Morgan fingerprint density at radius 2 is 2.50 bits per heavy atom. The van der Waals surface area contributed by atoms with Gasteiger partial charge in [-0.25, -0.2) is 4.98 Å². The molecule has 78 valence electrons. The zero-order valence-corrected chi connectivity index (χ0v) is 8.39. The average Bonchev–Trinajstić information content (AvgIpc) is 2.76. The van der Waals surface area contributed by atoms with Gasteiger partial charge in [-0.05, 0) is 19.8 Å². The smallest absolute Gasteiger partial charge is 0.164 e. The number of hydrogen-bond acceptors (Lipinski definition) is 4. The van der Waals surface area contributed by atoms with Crippen molar-refractivity contribution in [2.24, 2.45) is 5.73 Å². The summed E-state index contributed by atoms with van der Waals surface area (Å²) in [5, 5.41) is 4.22. The quantitative estimate of drug-likeness (QED) is 0.755. The van der Waals surface area contributed by atoms with Crippen molar-refractivity contribution in [1.82, 2.24) is 14.8 Å². The largest absolute Gasteiger partial charge is 0.373 e. The van der Waals surface area contributed by atoms with Gasteiger partial charge in [0.1, 0.15) is 6.33 Å². The minimum atomic E-state index is 0.289. The fourth-order valence-corrected chi connectivity index (χ4v) is 1.74. The summed E-state index contributed by atoms with van der Waals surface area (Å²) in [6, 6.07) is 0. The van der Waals surface area contributed by atoms with Crippen molar-refractivity contribution in [1.29, 1.82) is 0 Å². The van der Waals surface area contributed by atoms with Crippen molar-refractivity contribution in [3.05, 3.63) is 12.2 Å². The molecular formula is C9H16N4O. The molecule has 1 aliphatic heterocycles. The van der Waals surface area contributed by atoms with Crippen molar-refractivity contribution < 1.29 is 4.74 Å². The molecule has 1 fully saturated rings. The summed E-state index contributed by atoms with van der Waals surface area (Å²) in [7, 11) is 0. The predicted octanol–water partition coefficient (Wildman–Crippen LogP) is 0.304. The lowest BCUT2D eigenvalue weighted by Crippen LogP contribution is -2.17. The number of nitrogens with two attached hydrogens (primary N) is 1. The van der Waals surface area contributed by atoms with Crippen LogP contribution in [-0.2, 0) is 17.8 Å². The molecule has 0 radical (unpaired) electrons. The van der Waals surface area contributed by atoms with Gasteiger partial charge in [-0.2, -0.15) is 5.10 Å². The van der Waals surface area contributed by atoms with E-state index >= 15 is 0 Å². The molecule has 0 aliphatic carbocycles. The second-order valence-corrected chi connectivity index (χ2v) is 3.73. The Kier molecular flexibility index (Phi) is 2.79. The first-order chi connectivity index (χ1) is 6.78. The summed E-state index contributed by atoms with van der Waals surface area (Å²) >= 11 is 0. The van der Waals surface area contributed by atoms with Crippen molar-refractivity contribution in [2.45, 2.75) is 45.1 Å². The van der Waals surface area contributed by atoms with E-state index in [0.29, 0.717) is 18.5 Å². The van der Waals surface area contributed by atoms with Gasteiger partial charge in [-0.3, -0.25) is 4.68 Å². The van der Waals surface area contributed by atoms with E-state index in [0.717, 1.165) is 19.4 Å². The molecule has 2 rings (SSSR count). The van der Waals surface area contributed by atoms with Crippen LogP contribution in [0.4, 0.5) is 0 Å². The van der Waals surface area contributed by atoms with Crippen LogP contribution in [0.5, 0.6) is 0 Å². The van der Waals surface area contributed by atoms with Crippen LogP contribution in [0, 0.1) is 0 Å². The Morgan fingerprint density at radius 3 is 3.07 bits per heavy atom. The molecule has 2 atom stereocenters. The molecule has 2 heterocycles. The number of ether oxygens (including phenoxy) is 1. The highest BCUT2D eigenvalue weighted by molar-refractivity contribution is 4.80. The summed E-state index contributed by atoms with van der Waals surface area (Å²) in [5.41, 5.74) is 5.42. The topological polar surface area (TPSA) is 66.0 Å². The zero-order valence-electron chi connectivity index (χ0n) is 8.39. The highest BCUT2D eigenvalue weighted by Gasteiger charge is 2.22. The Labute approximate surface area is 83.3 Å². The van der Waals surface area contributed by atoms with Gasteiger partial charge in [0.15, 0.2) is 5.82 Å². The predicted molar refractivity (Wildman–Crippen MR) is 51.5 cm³/mol. The van der Waals surface area contributed by atoms with E-state index in [4.69, 9.17) is 10.5 Å². The summed E-state index contributed by atoms with van der Waals surface area (Å²) in [5.74, 6) is 0.691. The molecule has 5 heteroatoms. The lowest BCUT2D eigenvalue weighted by Gasteiger charge is -2.09. The van der Waals surface area contributed by atoms with E-state index < -0.39 is 0 Å². The molecular weight excluding hydrogens is 180 g/mol. The van der Waals surface area contributed by atoms with Gasteiger partial charge in [0, 0.05) is 0 Å². The van der Waals surface area contributed by atoms with Gasteiger partial charge < -0.3 is 10.5 Å². The van der Waals surface area contributed by atoms with Crippen molar-refractivity contribution in [3.8, 4) is 0 Å². The maximum Gasteiger partial charge on any atom is 0.164 e. The first-order valence-corrected chi connectivity index (χ1v) is 5.02. The summed E-state index contributed by atoms with van der Waals surface area (Å²) < 4.78 is 7.50. The van der Waals surface area contributed by atoms with E-state index in [1.165, 1.54) is 0 Å². The van der Waals surface area contributed by atoms with Gasteiger partial charge in [0.25, 0.3) is 0 Å². The minimum absolute atomic E-state index is 0.289. The Morgan fingerprint density at radius 1 is 1.64 bits per heavy atom. The number of hydrogen-bond donors (Lipinski definition) is 1. The normalized spacial score (nSPS) is 27.0. The molecule has 0 amide bonds. The zero-order chi connectivity index (χ0) is 9.97. The molecule has 1 aliphatic rings. The molecule has 0 spiro atoms. The number of rotatable bonds is 3. The monoisotopic (exact) mass is 196 g/mol. The van der Waals surface area contributed by atoms with Crippen LogP contribution in [-0.4, -0.2) is 27.0 Å². The molecule has 1 saturated heterocycles. The molecule has 5 nitrogen and oxygen atoms in total. The maximum absolute atomic E-state index is 5.69. The Bertz CT molecular complexity index is 299. The SMILES string of the molecule is CC1CCC(Cn2cnc(CN)n2)O1. The first-order valence-electron chi connectivity index (χ1n) is 5.02. The molecule has 0 bridgehead atoms. The maximum atomic E-state index is 5.69. The van der Waals surface area contributed by atoms with Gasteiger partial charge >= 0.3 is 0 Å². The van der Waals surface area contributed by atoms with Gasteiger partial charge in [-0.1, -0.05) is 0 Å². The van der Waals surface area contributed by atoms with Crippen LogP contribution in [0.2, 0.25) is 0 Å². The summed E-state index contributed by atoms with van der Waals surface area (Å²) in [6.45, 7) is 3.29. The van der Waals surface area contributed by atoms with Gasteiger partial charge in [-0.15, -0.1) is 0 Å². The van der Waals surface area contributed by atoms with Gasteiger partial charge in [0.2, 0.25) is 0 Å². The van der Waals surface area contributed by atoms with E-state index in [1.807, 2.05) is 4.68 Å². The molecule has 1 aromatic rings. The van der Waals surface area contributed by atoms with Crippen LogP contribution in [0.25, 0.3) is 0 Å². The summed E-state index contributed by atoms with van der Waals surface area (Å²) in [4.78, 5) is 4.07. The molecule has 0 aromatic carbocycles. The molecule has 1 aromatic heterocycles. The lowest BCUT2D eigenvalue weighted by atomic mass is 10.2.